The molecule has 2 heterocycles. The van der Waals surface area contributed by atoms with Crippen molar-refractivity contribution in [1.82, 2.24) is 15.2 Å². The summed E-state index contributed by atoms with van der Waals surface area (Å²) in [7, 11) is -3.83. The topological polar surface area (TPSA) is 94.6 Å². The molecule has 0 atom stereocenters. The molecule has 1 aliphatic heterocycles. The Hall–Kier alpha value is -3.32. The molecule has 204 valence electrons. The molecule has 0 saturated carbocycles. The van der Waals surface area contributed by atoms with E-state index in [1.807, 2.05) is 4.90 Å². The van der Waals surface area contributed by atoms with E-state index in [9.17, 15) is 22.0 Å². The maximum absolute atomic E-state index is 14.0. The highest BCUT2D eigenvalue weighted by molar-refractivity contribution is 7.92. The van der Waals surface area contributed by atoms with Crippen LogP contribution in [0.4, 0.5) is 19.6 Å². The fraction of sp³-hybridized carbons (Fsp3) is 0.231. The quantitative estimate of drug-likeness (QED) is 0.312. The Kier molecular flexibility index (Phi) is 7.98. The van der Waals surface area contributed by atoms with Gasteiger partial charge in [0.05, 0.1) is 9.60 Å². The number of benzene rings is 3. The Morgan fingerprint density at radius 2 is 1.77 bits per heavy atom. The van der Waals surface area contributed by atoms with Crippen molar-refractivity contribution in [3.8, 4) is 0 Å². The van der Waals surface area contributed by atoms with E-state index in [1.54, 1.807) is 18.2 Å². The molecular formula is C26H24ClF2N5O3S2. The van der Waals surface area contributed by atoms with Gasteiger partial charge in [-0.2, -0.15) is 0 Å². The van der Waals surface area contributed by atoms with Crippen LogP contribution in [0, 0.1) is 11.6 Å². The van der Waals surface area contributed by atoms with Gasteiger partial charge in [-0.3, -0.25) is 14.4 Å². The average Bonchev–Trinajstić information content (AvgIpc) is 3.34. The zero-order valence-electron chi connectivity index (χ0n) is 20.5. The normalized spacial score (nSPS) is 14.5. The third-order valence-electron chi connectivity index (χ3n) is 6.26. The predicted octanol–water partition coefficient (Wildman–Crippen LogP) is 4.58. The lowest BCUT2D eigenvalue weighted by molar-refractivity contribution is 0.0947. The average molecular weight is 592 g/mol. The van der Waals surface area contributed by atoms with Crippen LogP contribution in [0.2, 0.25) is 5.02 Å². The third kappa shape index (κ3) is 6.47. The van der Waals surface area contributed by atoms with Crippen molar-refractivity contribution in [2.45, 2.75) is 4.90 Å². The van der Waals surface area contributed by atoms with Gasteiger partial charge < -0.3 is 10.2 Å². The van der Waals surface area contributed by atoms with Crippen molar-refractivity contribution in [2.75, 3.05) is 48.9 Å². The van der Waals surface area contributed by atoms with Gasteiger partial charge in [0.1, 0.15) is 11.3 Å². The van der Waals surface area contributed by atoms with Crippen LogP contribution in [0.3, 0.4) is 0 Å². The van der Waals surface area contributed by atoms with Gasteiger partial charge in [0, 0.05) is 61.6 Å². The first-order valence-corrected chi connectivity index (χ1v) is 14.8. The Labute approximate surface area is 233 Å². The summed E-state index contributed by atoms with van der Waals surface area (Å²) in [6.07, 6.45) is 0. The summed E-state index contributed by atoms with van der Waals surface area (Å²) in [5.74, 6) is -1.59. The molecule has 0 radical (unpaired) electrons. The van der Waals surface area contributed by atoms with Crippen LogP contribution >= 0.6 is 22.9 Å². The second-order valence-corrected chi connectivity index (χ2v) is 12.1. The SMILES string of the molecule is O=C(NCCN1CCN(c2nc3c(F)cc(F)cc3s2)CC1)c1cccc(NS(=O)(=O)c2ccc(Cl)cc2)c1. The van der Waals surface area contributed by atoms with Crippen LogP contribution in [0.5, 0.6) is 0 Å². The summed E-state index contributed by atoms with van der Waals surface area (Å²) in [4.78, 5) is 21.3. The van der Waals surface area contributed by atoms with Crippen molar-refractivity contribution in [3.63, 3.8) is 0 Å². The number of aromatic nitrogens is 1. The minimum absolute atomic E-state index is 0.0612. The van der Waals surface area contributed by atoms with Gasteiger partial charge >= 0.3 is 0 Å². The number of sulfonamides is 1. The lowest BCUT2D eigenvalue weighted by Gasteiger charge is -2.34. The van der Waals surface area contributed by atoms with Crippen LogP contribution in [0.15, 0.2) is 65.6 Å². The molecule has 0 spiro atoms. The zero-order valence-corrected chi connectivity index (χ0v) is 22.9. The highest BCUT2D eigenvalue weighted by Gasteiger charge is 2.21. The van der Waals surface area contributed by atoms with E-state index >= 15 is 0 Å². The Balaban J connectivity index is 1.11. The zero-order chi connectivity index (χ0) is 27.6. The Morgan fingerprint density at radius 1 is 1.03 bits per heavy atom. The number of halogens is 3. The van der Waals surface area contributed by atoms with Crippen molar-refractivity contribution in [1.29, 1.82) is 0 Å². The maximum Gasteiger partial charge on any atom is 0.261 e. The Bertz CT molecular complexity index is 1610. The van der Waals surface area contributed by atoms with E-state index in [4.69, 9.17) is 11.6 Å². The Morgan fingerprint density at radius 3 is 2.51 bits per heavy atom. The summed E-state index contributed by atoms with van der Waals surface area (Å²) < 4.78 is 55.7. The number of anilines is 2. The molecule has 1 aromatic heterocycles. The number of carbonyl (C=O) groups excluding carboxylic acids is 1. The first kappa shape index (κ1) is 27.3. The molecule has 0 unspecified atom stereocenters. The summed E-state index contributed by atoms with van der Waals surface area (Å²) in [5, 5.41) is 3.96. The van der Waals surface area contributed by atoms with Gasteiger partial charge in [0.2, 0.25) is 0 Å². The first-order chi connectivity index (χ1) is 18.7. The van der Waals surface area contributed by atoms with Crippen molar-refractivity contribution in [2.24, 2.45) is 0 Å². The highest BCUT2D eigenvalue weighted by Crippen LogP contribution is 2.31. The number of nitrogens with zero attached hydrogens (tertiary/aromatic N) is 3. The molecule has 0 bridgehead atoms. The van der Waals surface area contributed by atoms with Crippen LogP contribution in [-0.2, 0) is 10.0 Å². The van der Waals surface area contributed by atoms with E-state index in [0.29, 0.717) is 46.6 Å². The van der Waals surface area contributed by atoms with E-state index < -0.39 is 21.7 Å². The van der Waals surface area contributed by atoms with E-state index in [2.05, 4.69) is 19.9 Å². The van der Waals surface area contributed by atoms with Crippen molar-refractivity contribution in [3.05, 3.63) is 82.9 Å². The number of hydrogen-bond donors (Lipinski definition) is 2. The van der Waals surface area contributed by atoms with Crippen molar-refractivity contribution >= 4 is 59.9 Å². The third-order valence-corrected chi connectivity index (χ3v) is 8.97. The number of hydrogen-bond acceptors (Lipinski definition) is 7. The second-order valence-electron chi connectivity index (χ2n) is 8.96. The number of rotatable bonds is 8. The van der Waals surface area contributed by atoms with Crippen molar-refractivity contribution < 1.29 is 22.0 Å². The highest BCUT2D eigenvalue weighted by atomic mass is 35.5. The minimum atomic E-state index is -3.83. The van der Waals surface area contributed by atoms with Gasteiger partial charge in [0.25, 0.3) is 15.9 Å². The molecule has 0 aliphatic carbocycles. The summed E-state index contributed by atoms with van der Waals surface area (Å²) >= 11 is 7.10. The number of nitrogens with one attached hydrogen (secondary N) is 2. The van der Waals surface area contributed by atoms with Gasteiger partial charge in [-0.25, -0.2) is 22.2 Å². The van der Waals surface area contributed by atoms with E-state index in [0.717, 1.165) is 19.2 Å². The molecule has 2 N–H and O–H groups in total. The summed E-state index contributed by atoms with van der Waals surface area (Å²) in [5.41, 5.74) is 0.783. The van der Waals surface area contributed by atoms with Crippen LogP contribution in [0.1, 0.15) is 10.4 Å². The molecule has 1 amide bonds. The molecule has 1 saturated heterocycles. The molecule has 1 aliphatic rings. The number of fused-ring (bicyclic) bond motifs is 1. The van der Waals surface area contributed by atoms with Crippen LogP contribution in [0.25, 0.3) is 10.2 Å². The number of carbonyl (C=O) groups is 1. The molecule has 3 aromatic carbocycles. The molecule has 13 heteroatoms. The molecular weight excluding hydrogens is 568 g/mol. The monoisotopic (exact) mass is 591 g/mol. The van der Waals surface area contributed by atoms with Gasteiger partial charge in [0.15, 0.2) is 10.9 Å². The van der Waals surface area contributed by atoms with Gasteiger partial charge in [-0.05, 0) is 48.5 Å². The van der Waals surface area contributed by atoms with Gasteiger partial charge in [-0.1, -0.05) is 29.0 Å². The van der Waals surface area contributed by atoms with E-state index in [-0.39, 0.29) is 22.0 Å². The lowest BCUT2D eigenvalue weighted by atomic mass is 10.2. The molecule has 8 nitrogen and oxygen atoms in total. The smallest absolute Gasteiger partial charge is 0.261 e. The molecule has 1 fully saturated rings. The largest absolute Gasteiger partial charge is 0.351 e. The predicted molar refractivity (Wildman–Crippen MR) is 149 cm³/mol. The number of piperazine rings is 1. The maximum atomic E-state index is 14.0. The fourth-order valence-electron chi connectivity index (χ4n) is 4.22. The summed E-state index contributed by atoms with van der Waals surface area (Å²) in [6.45, 7) is 3.84. The first-order valence-electron chi connectivity index (χ1n) is 12.1. The molecule has 4 aromatic rings. The number of thiazole rings is 1. The van der Waals surface area contributed by atoms with Gasteiger partial charge in [-0.15, -0.1) is 0 Å². The minimum Gasteiger partial charge on any atom is -0.351 e. The lowest BCUT2D eigenvalue weighted by Crippen LogP contribution is -2.48. The molecule has 39 heavy (non-hydrogen) atoms. The number of amides is 1. The second kappa shape index (κ2) is 11.4. The molecule has 5 rings (SSSR count). The van der Waals surface area contributed by atoms with E-state index in [1.165, 1.54) is 47.7 Å². The van der Waals surface area contributed by atoms with Crippen LogP contribution in [-0.4, -0.2) is 63.5 Å². The summed E-state index contributed by atoms with van der Waals surface area (Å²) in [6, 6.07) is 14.2. The standard InChI is InChI=1S/C26H24ClF2N5O3S2/c27-18-4-6-21(7-5-18)39(36,37)32-20-3-1-2-17(14-20)25(35)30-8-9-33-10-12-34(13-11-33)26-31-24-22(29)15-19(28)16-23(24)38-26/h1-7,14-16,32H,8-13H2,(H,30,35). The van der Waals surface area contributed by atoms with Crippen LogP contribution < -0.4 is 14.9 Å². The fourth-order valence-corrected chi connectivity index (χ4v) is 6.46.